The lowest BCUT2D eigenvalue weighted by atomic mass is 9.92. The Labute approximate surface area is 150 Å². The molecule has 5 heteroatoms. The first kappa shape index (κ1) is 16.1. The number of carboxylic acid groups (broad SMARTS) is 1. The summed E-state index contributed by atoms with van der Waals surface area (Å²) in [6, 6.07) is 8.46. The Kier molecular flexibility index (Phi) is 3.84. The average molecular weight is 347 g/mol. The highest BCUT2D eigenvalue weighted by molar-refractivity contribution is 6.03. The lowest BCUT2D eigenvalue weighted by molar-refractivity contribution is -0.115. The summed E-state index contributed by atoms with van der Waals surface area (Å²) in [6.45, 7) is 1.91. The number of fused-ring (bicyclic) bond motifs is 1. The number of carbonyl (C=O) groups excluding carboxylic acids is 1. The number of aromatic carboxylic acids is 1. The predicted molar refractivity (Wildman–Crippen MR) is 97.3 cm³/mol. The van der Waals surface area contributed by atoms with Gasteiger partial charge in [0, 0.05) is 22.8 Å². The van der Waals surface area contributed by atoms with Crippen LogP contribution in [0.4, 0.5) is 0 Å². The molecule has 0 radical (unpaired) electrons. The molecule has 5 nitrogen and oxygen atoms in total. The van der Waals surface area contributed by atoms with Crippen LogP contribution < -0.4 is 5.32 Å². The predicted octanol–water partition coefficient (Wildman–Crippen LogP) is 3.93. The highest BCUT2D eigenvalue weighted by Gasteiger charge is 2.33. The number of nitrogens with one attached hydrogen (secondary N) is 1. The minimum absolute atomic E-state index is 0.0378. The van der Waals surface area contributed by atoms with Crippen molar-refractivity contribution < 1.29 is 19.1 Å². The van der Waals surface area contributed by atoms with Gasteiger partial charge >= 0.3 is 5.97 Å². The molecule has 26 heavy (non-hydrogen) atoms. The van der Waals surface area contributed by atoms with E-state index in [0.29, 0.717) is 22.7 Å². The Balaban J connectivity index is 1.70. The van der Waals surface area contributed by atoms with Crippen molar-refractivity contribution in [1.29, 1.82) is 0 Å². The van der Waals surface area contributed by atoms with Gasteiger partial charge in [-0.15, -0.1) is 0 Å². The normalized spacial score (nSPS) is 20.0. The second-order valence-electron chi connectivity index (χ2n) is 6.44. The van der Waals surface area contributed by atoms with Crippen molar-refractivity contribution >= 4 is 18.0 Å². The molecule has 2 aliphatic rings. The first-order valence-corrected chi connectivity index (χ1v) is 8.37. The topological polar surface area (TPSA) is 79.5 Å². The Bertz CT molecular complexity index is 1010. The summed E-state index contributed by atoms with van der Waals surface area (Å²) in [6.07, 6.45) is 8.48. The number of allylic oxidation sites excluding steroid dienone is 4. The molecule has 1 saturated heterocycles. The molecule has 1 unspecified atom stereocenters. The van der Waals surface area contributed by atoms with Crippen LogP contribution in [0.5, 0.6) is 0 Å². The van der Waals surface area contributed by atoms with Crippen molar-refractivity contribution in [1.82, 2.24) is 5.32 Å². The second kappa shape index (κ2) is 6.19. The van der Waals surface area contributed by atoms with Crippen LogP contribution in [-0.2, 0) is 4.79 Å². The van der Waals surface area contributed by atoms with Crippen molar-refractivity contribution in [3.05, 3.63) is 76.7 Å². The fraction of sp³-hybridized carbons (Fsp3) is 0.143. The number of furan rings is 1. The van der Waals surface area contributed by atoms with Gasteiger partial charge < -0.3 is 14.8 Å². The van der Waals surface area contributed by atoms with Gasteiger partial charge in [-0.05, 0) is 49.3 Å². The van der Waals surface area contributed by atoms with Crippen LogP contribution in [0.1, 0.15) is 28.1 Å². The zero-order chi connectivity index (χ0) is 18.3. The Morgan fingerprint density at radius 2 is 2.19 bits per heavy atom. The van der Waals surface area contributed by atoms with Crippen LogP contribution >= 0.6 is 0 Å². The maximum Gasteiger partial charge on any atom is 0.335 e. The molecule has 4 rings (SSSR count). The molecule has 2 heterocycles. The molecule has 2 N–H and O–H groups in total. The van der Waals surface area contributed by atoms with Gasteiger partial charge in [-0.2, -0.15) is 0 Å². The SMILES string of the molecule is Cc1cc(-c2cccc(C(=O)O)c2)oc1C=C1C(=O)NC2=CC=CCC21. The van der Waals surface area contributed by atoms with Crippen LogP contribution in [0.15, 0.2) is 64.2 Å². The Morgan fingerprint density at radius 1 is 1.35 bits per heavy atom. The number of hydrogen-bond donors (Lipinski definition) is 2. The minimum atomic E-state index is -0.982. The molecule has 130 valence electrons. The monoisotopic (exact) mass is 347 g/mol. The van der Waals surface area contributed by atoms with Crippen molar-refractivity contribution in [2.45, 2.75) is 13.3 Å². The van der Waals surface area contributed by atoms with Crippen LogP contribution in [0.3, 0.4) is 0 Å². The van der Waals surface area contributed by atoms with E-state index in [1.54, 1.807) is 24.3 Å². The molecular weight excluding hydrogens is 330 g/mol. The number of benzene rings is 1. The van der Waals surface area contributed by atoms with Gasteiger partial charge in [0.2, 0.25) is 0 Å². The van der Waals surface area contributed by atoms with E-state index in [-0.39, 0.29) is 17.4 Å². The molecule has 0 bridgehead atoms. The van der Waals surface area contributed by atoms with E-state index in [2.05, 4.69) is 5.32 Å². The minimum Gasteiger partial charge on any atom is -0.478 e. The number of amides is 1. The van der Waals surface area contributed by atoms with Crippen molar-refractivity contribution in [2.75, 3.05) is 0 Å². The maximum atomic E-state index is 12.3. The van der Waals surface area contributed by atoms with Crippen LogP contribution in [0.25, 0.3) is 17.4 Å². The van der Waals surface area contributed by atoms with Gasteiger partial charge in [-0.3, -0.25) is 4.79 Å². The molecule has 0 spiro atoms. The highest BCUT2D eigenvalue weighted by Crippen LogP contribution is 2.35. The van der Waals surface area contributed by atoms with Gasteiger partial charge in [-0.1, -0.05) is 24.3 Å². The van der Waals surface area contributed by atoms with Crippen LogP contribution in [0.2, 0.25) is 0 Å². The van der Waals surface area contributed by atoms with Crippen molar-refractivity contribution in [3.8, 4) is 11.3 Å². The standard InChI is InChI=1S/C21H17NO4/c1-12-9-19(13-5-4-6-14(10-13)21(24)25)26-18(12)11-16-15-7-2-3-8-17(15)22-20(16)23/h2-6,8-11,15H,7H2,1H3,(H,22,23)(H,24,25). The number of hydrogen-bond acceptors (Lipinski definition) is 3. The Hall–Kier alpha value is -3.34. The lowest BCUT2D eigenvalue weighted by Crippen LogP contribution is -2.13. The molecular formula is C21H17NO4. The summed E-state index contributed by atoms with van der Waals surface area (Å²) in [7, 11) is 0. The van der Waals surface area contributed by atoms with E-state index in [9.17, 15) is 9.59 Å². The molecule has 1 atom stereocenters. The average Bonchev–Trinajstić information content (AvgIpc) is 3.16. The third-order valence-corrected chi connectivity index (χ3v) is 4.69. The third kappa shape index (κ3) is 2.77. The van der Waals surface area contributed by atoms with Crippen LogP contribution in [0, 0.1) is 12.8 Å². The van der Waals surface area contributed by atoms with Crippen molar-refractivity contribution in [2.24, 2.45) is 5.92 Å². The summed E-state index contributed by atoms with van der Waals surface area (Å²) >= 11 is 0. The lowest BCUT2D eigenvalue weighted by Gasteiger charge is -2.11. The summed E-state index contributed by atoms with van der Waals surface area (Å²) in [5, 5.41) is 12.0. The van der Waals surface area contributed by atoms with E-state index in [1.165, 1.54) is 6.07 Å². The maximum absolute atomic E-state index is 12.3. The summed E-state index contributed by atoms with van der Waals surface area (Å²) in [5.74, 6) is 0.146. The van der Waals surface area contributed by atoms with Gasteiger partial charge in [0.25, 0.3) is 5.91 Å². The summed E-state index contributed by atoms with van der Waals surface area (Å²) in [5.41, 5.74) is 3.39. The molecule has 1 amide bonds. The van der Waals surface area contributed by atoms with E-state index >= 15 is 0 Å². The van der Waals surface area contributed by atoms with Crippen LogP contribution in [-0.4, -0.2) is 17.0 Å². The van der Waals surface area contributed by atoms with E-state index < -0.39 is 5.97 Å². The molecule has 2 aromatic rings. The zero-order valence-corrected chi connectivity index (χ0v) is 14.2. The summed E-state index contributed by atoms with van der Waals surface area (Å²) < 4.78 is 5.94. The van der Waals surface area contributed by atoms with E-state index in [0.717, 1.165) is 17.7 Å². The highest BCUT2D eigenvalue weighted by atomic mass is 16.4. The molecule has 0 saturated carbocycles. The smallest absolute Gasteiger partial charge is 0.335 e. The number of carbonyl (C=O) groups is 2. The fourth-order valence-electron chi connectivity index (χ4n) is 3.31. The van der Waals surface area contributed by atoms with E-state index in [4.69, 9.17) is 9.52 Å². The van der Waals surface area contributed by atoms with Gasteiger partial charge in [0.05, 0.1) is 5.56 Å². The summed E-state index contributed by atoms with van der Waals surface area (Å²) in [4.78, 5) is 23.5. The number of aryl methyl sites for hydroxylation is 1. The van der Waals surface area contributed by atoms with Crippen molar-refractivity contribution in [3.63, 3.8) is 0 Å². The Morgan fingerprint density at radius 3 is 3.00 bits per heavy atom. The van der Waals surface area contributed by atoms with Gasteiger partial charge in [0.15, 0.2) is 0 Å². The first-order chi connectivity index (χ1) is 12.5. The zero-order valence-electron chi connectivity index (χ0n) is 14.2. The van der Waals surface area contributed by atoms with Gasteiger partial charge in [0.1, 0.15) is 11.5 Å². The second-order valence-corrected chi connectivity index (χ2v) is 6.44. The fourth-order valence-corrected chi connectivity index (χ4v) is 3.31. The largest absolute Gasteiger partial charge is 0.478 e. The molecule has 1 aromatic heterocycles. The molecule has 1 aliphatic carbocycles. The molecule has 1 aliphatic heterocycles. The quantitative estimate of drug-likeness (QED) is 0.825. The first-order valence-electron chi connectivity index (χ1n) is 8.37. The van der Waals surface area contributed by atoms with E-state index in [1.807, 2.05) is 31.2 Å². The van der Waals surface area contributed by atoms with Gasteiger partial charge in [-0.25, -0.2) is 4.79 Å². The third-order valence-electron chi connectivity index (χ3n) is 4.69. The molecule has 1 fully saturated rings. The number of carboxylic acids is 1. The number of rotatable bonds is 3. The molecule has 1 aromatic carbocycles.